The molecule has 2 N–H and O–H groups in total. The number of nitrogens with zero attached hydrogens (tertiary/aromatic N) is 1. The van der Waals surface area contributed by atoms with Crippen molar-refractivity contribution in [2.75, 3.05) is 5.32 Å². The van der Waals surface area contributed by atoms with E-state index < -0.39 is 0 Å². The average Bonchev–Trinajstić information content (AvgIpc) is 2.78. The zero-order valence-corrected chi connectivity index (χ0v) is 11.6. The van der Waals surface area contributed by atoms with E-state index in [1.165, 1.54) is 5.56 Å². The Morgan fingerprint density at radius 1 is 1.16 bits per heavy atom. The number of hydrazone groups is 1. The molecule has 0 aliphatic carbocycles. The minimum atomic E-state index is 0.434. The Morgan fingerprint density at radius 2 is 1.89 bits per heavy atom. The molecule has 0 aliphatic heterocycles. The second-order valence-electron chi connectivity index (χ2n) is 4.14. The van der Waals surface area contributed by atoms with Crippen molar-refractivity contribution in [1.29, 1.82) is 0 Å². The van der Waals surface area contributed by atoms with Gasteiger partial charge in [0.15, 0.2) is 5.11 Å². The monoisotopic (exact) mass is 273 g/mol. The minimum Gasteiger partial charge on any atom is -0.460 e. The molecular weight excluding hydrogens is 258 g/mol. The zero-order valence-electron chi connectivity index (χ0n) is 10.8. The van der Waals surface area contributed by atoms with E-state index in [-0.39, 0.29) is 0 Å². The van der Waals surface area contributed by atoms with Gasteiger partial charge in [-0.25, -0.2) is 0 Å². The van der Waals surface area contributed by atoms with Crippen molar-refractivity contribution in [1.82, 2.24) is 5.43 Å². The van der Waals surface area contributed by atoms with Crippen LogP contribution in [0.4, 0.5) is 5.69 Å². The van der Waals surface area contributed by atoms with Gasteiger partial charge >= 0.3 is 0 Å². The number of hydrogen-bond donors (Lipinski definition) is 2. The fraction of sp³-hybridized carbons (Fsp3) is 0.143. The Balaban J connectivity index is 1.84. The molecule has 0 spiro atoms. The Bertz CT molecular complexity index is 587. The minimum absolute atomic E-state index is 0.434. The molecule has 0 aliphatic rings. The van der Waals surface area contributed by atoms with Gasteiger partial charge < -0.3 is 9.73 Å². The summed E-state index contributed by atoms with van der Waals surface area (Å²) in [5.41, 5.74) is 4.86. The lowest BCUT2D eigenvalue weighted by Crippen LogP contribution is -2.23. The summed E-state index contributed by atoms with van der Waals surface area (Å²) < 4.78 is 5.34. The molecule has 0 amide bonds. The van der Waals surface area contributed by atoms with Crippen molar-refractivity contribution in [3.8, 4) is 0 Å². The first-order chi connectivity index (χ1) is 9.13. The number of rotatable bonds is 3. The summed E-state index contributed by atoms with van der Waals surface area (Å²) in [6.45, 7) is 3.92. The molecule has 0 bridgehead atoms. The predicted molar refractivity (Wildman–Crippen MR) is 81.6 cm³/mol. The Kier molecular flexibility index (Phi) is 4.30. The van der Waals surface area contributed by atoms with E-state index in [1.807, 2.05) is 50.2 Å². The molecule has 0 atom stereocenters. The van der Waals surface area contributed by atoms with Crippen LogP contribution in [0.2, 0.25) is 0 Å². The SMILES string of the molecule is Cc1ccc(NC(=S)N/N=C\c2ccc(C)o2)cc1. The van der Waals surface area contributed by atoms with Crippen LogP contribution in [-0.4, -0.2) is 11.3 Å². The van der Waals surface area contributed by atoms with Crippen molar-refractivity contribution >= 4 is 29.2 Å². The lowest BCUT2D eigenvalue weighted by atomic mass is 10.2. The van der Waals surface area contributed by atoms with Crippen LogP contribution in [0.5, 0.6) is 0 Å². The van der Waals surface area contributed by atoms with Gasteiger partial charge in [-0.05, 0) is 50.3 Å². The van der Waals surface area contributed by atoms with Crippen LogP contribution in [-0.2, 0) is 0 Å². The number of furan rings is 1. The third kappa shape index (κ3) is 4.22. The molecule has 19 heavy (non-hydrogen) atoms. The number of thiocarbonyl (C=S) groups is 1. The smallest absolute Gasteiger partial charge is 0.191 e. The topological polar surface area (TPSA) is 49.6 Å². The van der Waals surface area contributed by atoms with E-state index in [9.17, 15) is 0 Å². The summed E-state index contributed by atoms with van der Waals surface area (Å²) in [5, 5.41) is 7.47. The van der Waals surface area contributed by atoms with Gasteiger partial charge in [-0.1, -0.05) is 17.7 Å². The summed E-state index contributed by atoms with van der Waals surface area (Å²) in [7, 11) is 0. The lowest BCUT2D eigenvalue weighted by Gasteiger charge is -2.06. The van der Waals surface area contributed by atoms with E-state index in [0.29, 0.717) is 10.9 Å². The molecule has 0 saturated carbocycles. The predicted octanol–water partition coefficient (Wildman–Crippen LogP) is 3.22. The van der Waals surface area contributed by atoms with Gasteiger partial charge in [0.05, 0.1) is 6.21 Å². The van der Waals surface area contributed by atoms with Gasteiger partial charge in [-0.15, -0.1) is 0 Å². The maximum Gasteiger partial charge on any atom is 0.191 e. The van der Waals surface area contributed by atoms with Gasteiger partial charge in [-0.3, -0.25) is 5.43 Å². The van der Waals surface area contributed by atoms with Gasteiger partial charge in [0.25, 0.3) is 0 Å². The standard InChI is InChI=1S/C14H15N3OS/c1-10-3-6-12(7-4-10)16-14(19)17-15-9-13-8-5-11(2)18-13/h3-9H,1-2H3,(H2,16,17,19)/b15-9-. The highest BCUT2D eigenvalue weighted by Crippen LogP contribution is 2.08. The lowest BCUT2D eigenvalue weighted by molar-refractivity contribution is 0.527. The maximum atomic E-state index is 5.34. The number of hydrogen-bond acceptors (Lipinski definition) is 3. The number of anilines is 1. The number of benzene rings is 1. The summed E-state index contributed by atoms with van der Waals surface area (Å²) in [6, 6.07) is 11.7. The molecule has 98 valence electrons. The summed E-state index contributed by atoms with van der Waals surface area (Å²) in [4.78, 5) is 0. The van der Waals surface area contributed by atoms with E-state index in [2.05, 4.69) is 15.8 Å². The van der Waals surface area contributed by atoms with Crippen LogP contribution in [0.15, 0.2) is 45.9 Å². The Labute approximate surface area is 117 Å². The van der Waals surface area contributed by atoms with Gasteiger partial charge in [0, 0.05) is 5.69 Å². The van der Waals surface area contributed by atoms with Crippen molar-refractivity contribution in [3.05, 3.63) is 53.5 Å². The van der Waals surface area contributed by atoms with Crippen LogP contribution in [0.3, 0.4) is 0 Å². The first-order valence-corrected chi connectivity index (χ1v) is 6.27. The molecule has 0 radical (unpaired) electrons. The number of nitrogens with one attached hydrogen (secondary N) is 2. The second kappa shape index (κ2) is 6.15. The molecule has 2 rings (SSSR count). The van der Waals surface area contributed by atoms with Gasteiger partial charge in [-0.2, -0.15) is 5.10 Å². The molecule has 5 heteroatoms. The quantitative estimate of drug-likeness (QED) is 0.512. The fourth-order valence-electron chi connectivity index (χ4n) is 1.47. The molecule has 0 saturated heterocycles. The van der Waals surface area contributed by atoms with Crippen LogP contribution in [0.1, 0.15) is 17.1 Å². The first kappa shape index (κ1) is 13.3. The summed E-state index contributed by atoms with van der Waals surface area (Å²) in [6.07, 6.45) is 1.58. The Hall–Kier alpha value is -2.14. The van der Waals surface area contributed by atoms with Crippen molar-refractivity contribution in [2.24, 2.45) is 5.10 Å². The number of aryl methyl sites for hydroxylation is 2. The first-order valence-electron chi connectivity index (χ1n) is 5.86. The van der Waals surface area contributed by atoms with E-state index in [4.69, 9.17) is 16.6 Å². The summed E-state index contributed by atoms with van der Waals surface area (Å²) in [5.74, 6) is 1.53. The molecule has 2 aromatic rings. The molecule has 1 aromatic carbocycles. The normalized spacial score (nSPS) is 10.6. The van der Waals surface area contributed by atoms with E-state index in [1.54, 1.807) is 6.21 Å². The van der Waals surface area contributed by atoms with Crippen LogP contribution >= 0.6 is 12.2 Å². The Morgan fingerprint density at radius 3 is 2.53 bits per heavy atom. The van der Waals surface area contributed by atoms with Gasteiger partial charge in [0.1, 0.15) is 11.5 Å². The van der Waals surface area contributed by atoms with Crippen molar-refractivity contribution in [2.45, 2.75) is 13.8 Å². The van der Waals surface area contributed by atoms with Crippen LogP contribution in [0.25, 0.3) is 0 Å². The van der Waals surface area contributed by atoms with Crippen molar-refractivity contribution in [3.63, 3.8) is 0 Å². The highest BCUT2D eigenvalue weighted by atomic mass is 32.1. The van der Waals surface area contributed by atoms with Crippen LogP contribution in [0, 0.1) is 13.8 Å². The van der Waals surface area contributed by atoms with Crippen LogP contribution < -0.4 is 10.7 Å². The molecular formula is C14H15N3OS. The molecule has 0 unspecified atom stereocenters. The highest BCUT2D eigenvalue weighted by molar-refractivity contribution is 7.80. The summed E-state index contributed by atoms with van der Waals surface area (Å²) >= 11 is 5.12. The average molecular weight is 273 g/mol. The van der Waals surface area contributed by atoms with Crippen molar-refractivity contribution < 1.29 is 4.42 Å². The fourth-order valence-corrected chi connectivity index (χ4v) is 1.64. The van der Waals surface area contributed by atoms with E-state index >= 15 is 0 Å². The highest BCUT2D eigenvalue weighted by Gasteiger charge is 1.96. The van der Waals surface area contributed by atoms with E-state index in [0.717, 1.165) is 11.4 Å². The molecule has 1 aromatic heterocycles. The zero-order chi connectivity index (χ0) is 13.7. The second-order valence-corrected chi connectivity index (χ2v) is 4.55. The van der Waals surface area contributed by atoms with Gasteiger partial charge in [0.2, 0.25) is 0 Å². The molecule has 4 nitrogen and oxygen atoms in total. The largest absolute Gasteiger partial charge is 0.460 e. The molecule has 1 heterocycles. The third-order valence-corrected chi connectivity index (χ3v) is 2.62. The molecule has 0 fully saturated rings. The third-order valence-electron chi connectivity index (χ3n) is 2.43. The maximum absolute atomic E-state index is 5.34.